The predicted molar refractivity (Wildman–Crippen MR) is 303 cm³/mol. The van der Waals surface area contributed by atoms with Gasteiger partial charge in [-0.25, -0.2) is 74.8 Å². The number of hydrogen-bond donors (Lipinski definition) is 3. The Labute approximate surface area is 456 Å². The molecule has 0 radical (unpaired) electrons. The van der Waals surface area contributed by atoms with Crippen molar-refractivity contribution in [2.24, 2.45) is 25.0 Å². The monoisotopic (exact) mass is 1130 g/mol. The van der Waals surface area contributed by atoms with E-state index in [9.17, 15) is 0 Å². The average molecular weight is 1140 g/mol. The molecule has 5 aromatic rings. The summed E-state index contributed by atoms with van der Waals surface area (Å²) in [6.07, 6.45) is 6.37. The van der Waals surface area contributed by atoms with E-state index in [1.807, 2.05) is 82.3 Å². The Morgan fingerprint density at radius 3 is 0.764 bits per heavy atom. The Morgan fingerprint density at radius 2 is 0.556 bits per heavy atom. The van der Waals surface area contributed by atoms with Gasteiger partial charge < -0.3 is 41.7 Å². The van der Waals surface area contributed by atoms with Gasteiger partial charge in [-0.05, 0) is 41.5 Å². The van der Waals surface area contributed by atoms with Crippen molar-refractivity contribution in [2.45, 2.75) is 49.0 Å². The van der Waals surface area contributed by atoms with Gasteiger partial charge in [-0.3, -0.25) is 0 Å². The van der Waals surface area contributed by atoms with Gasteiger partial charge >= 0.3 is 0 Å². The van der Waals surface area contributed by atoms with Crippen molar-refractivity contribution in [3.8, 4) is 0 Å². The van der Waals surface area contributed by atoms with E-state index in [2.05, 4.69) is 74.8 Å². The molecule has 0 saturated carbocycles. The van der Waals surface area contributed by atoms with E-state index in [0.717, 1.165) is 5.84 Å². The summed E-state index contributed by atoms with van der Waals surface area (Å²) in [5, 5.41) is 1.88. The first-order valence-electron chi connectivity index (χ1n) is 20.3. The Morgan fingerprint density at radius 1 is 0.361 bits per heavy atom. The summed E-state index contributed by atoms with van der Waals surface area (Å²) in [7, 11) is 18.6. The molecule has 5 heterocycles. The molecule has 30 heteroatoms. The highest BCUT2D eigenvalue weighted by molar-refractivity contribution is 6.38. The van der Waals surface area contributed by atoms with Crippen molar-refractivity contribution in [1.29, 1.82) is 0 Å². The van der Waals surface area contributed by atoms with Gasteiger partial charge in [-0.15, -0.1) is 0 Å². The number of aromatic nitrogens is 10. The molecule has 0 unspecified atom stereocenters. The first kappa shape index (κ1) is 66.2. The molecule has 0 aliphatic carbocycles. The van der Waals surface area contributed by atoms with E-state index in [4.69, 9.17) is 98.4 Å². The first-order chi connectivity index (χ1) is 32.9. The number of nitrogen functional groups attached to an aromatic ring is 3. The van der Waals surface area contributed by atoms with Crippen LogP contribution in [-0.4, -0.2) is 176 Å². The number of amidine groups is 1. The summed E-state index contributed by atoms with van der Waals surface area (Å²) in [6, 6.07) is 0. The topological polar surface area (TPSA) is 285 Å². The molecule has 6 N–H and O–H groups in total. The molecule has 0 aliphatic heterocycles. The number of aryl methyl sites for hydroxylation is 5. The molecular weight excluding hydrogens is 1070 g/mol. The molecular formula is C42H62Cl7N23. The molecule has 72 heavy (non-hydrogen) atoms. The standard InChI is InChI=1S/C9H14ClN5.2C8H10Cl2N4.2C8H12ClN5.CH4/c1-5-12-8(10)7(9(11)13-5)14-6(2)15(3)4;4*1-5-12-7(9)6(8(10)13-5)11-4-14(2)3;/h1-4H3,(H2,11,12,13);2*4H,1-3H3;2*4H,1-3H3,(H2,10,12,13);1H4. The highest BCUT2D eigenvalue weighted by Crippen LogP contribution is 2.32. The van der Waals surface area contributed by atoms with E-state index in [-0.39, 0.29) is 43.5 Å². The molecule has 0 amide bonds. The third-order valence-corrected chi connectivity index (χ3v) is 9.20. The van der Waals surface area contributed by atoms with Gasteiger partial charge in [-0.2, -0.15) is 0 Å². The maximum Gasteiger partial charge on any atom is 0.160 e. The minimum absolute atomic E-state index is 0. The summed E-state index contributed by atoms with van der Waals surface area (Å²) < 4.78 is 0. The summed E-state index contributed by atoms with van der Waals surface area (Å²) in [5.74, 6) is 4.35. The Hall–Kier alpha value is -5.82. The second-order valence-corrected chi connectivity index (χ2v) is 17.7. The Balaban J connectivity index is 0.000000872. The molecule has 0 aromatic carbocycles. The zero-order valence-electron chi connectivity index (χ0n) is 42.1. The van der Waals surface area contributed by atoms with E-state index >= 15 is 0 Å². The van der Waals surface area contributed by atoms with Gasteiger partial charge in [0, 0.05) is 70.5 Å². The van der Waals surface area contributed by atoms with Crippen LogP contribution in [0, 0.1) is 34.6 Å². The lowest BCUT2D eigenvalue weighted by molar-refractivity contribution is 0.619. The van der Waals surface area contributed by atoms with Crippen LogP contribution in [0.4, 0.5) is 45.9 Å². The van der Waals surface area contributed by atoms with Crippen molar-refractivity contribution in [3.05, 3.63) is 65.2 Å². The number of aliphatic imine (C=N–C) groups is 5. The third-order valence-electron chi connectivity index (χ3n) is 7.35. The van der Waals surface area contributed by atoms with Crippen LogP contribution in [0.2, 0.25) is 36.1 Å². The molecule has 0 atom stereocenters. The zero-order valence-corrected chi connectivity index (χ0v) is 47.4. The number of anilines is 3. The second-order valence-electron chi connectivity index (χ2n) is 15.2. The summed E-state index contributed by atoms with van der Waals surface area (Å²) in [5.41, 5.74) is 19.0. The van der Waals surface area contributed by atoms with Crippen LogP contribution in [0.5, 0.6) is 0 Å². The molecule has 394 valence electrons. The lowest BCUT2D eigenvalue weighted by atomic mass is 10.4. The van der Waals surface area contributed by atoms with E-state index in [1.165, 1.54) is 0 Å². The maximum atomic E-state index is 5.93. The molecule has 23 nitrogen and oxygen atoms in total. The molecule has 0 aliphatic rings. The fourth-order valence-electron chi connectivity index (χ4n) is 4.17. The van der Waals surface area contributed by atoms with Gasteiger partial charge in [0.15, 0.2) is 53.5 Å². The normalized spacial score (nSPS) is 10.9. The highest BCUT2D eigenvalue weighted by Gasteiger charge is 2.12. The van der Waals surface area contributed by atoms with Gasteiger partial charge in [0.1, 0.15) is 63.4 Å². The number of rotatable bonds is 9. The maximum absolute atomic E-state index is 5.93. The van der Waals surface area contributed by atoms with E-state index in [1.54, 1.807) is 79.6 Å². The first-order valence-corrected chi connectivity index (χ1v) is 22.9. The van der Waals surface area contributed by atoms with Crippen LogP contribution >= 0.6 is 81.2 Å². The van der Waals surface area contributed by atoms with Crippen LogP contribution in [0.25, 0.3) is 0 Å². The largest absolute Gasteiger partial charge is 0.382 e. The minimum Gasteiger partial charge on any atom is -0.382 e. The van der Waals surface area contributed by atoms with Crippen molar-refractivity contribution < 1.29 is 0 Å². The van der Waals surface area contributed by atoms with Gasteiger partial charge in [-0.1, -0.05) is 88.6 Å². The van der Waals surface area contributed by atoms with Crippen molar-refractivity contribution in [1.82, 2.24) is 74.3 Å². The lowest BCUT2D eigenvalue weighted by Gasteiger charge is -2.12. The summed E-state index contributed by atoms with van der Waals surface area (Å²) in [6.45, 7) is 10.5. The van der Waals surface area contributed by atoms with Gasteiger partial charge in [0.25, 0.3) is 0 Å². The Kier molecular flexibility index (Phi) is 29.7. The number of halogens is 7. The van der Waals surface area contributed by atoms with E-state index in [0.29, 0.717) is 75.0 Å². The lowest BCUT2D eigenvalue weighted by Crippen LogP contribution is -2.18. The van der Waals surface area contributed by atoms with Crippen LogP contribution in [0.1, 0.15) is 43.5 Å². The predicted octanol–water partition coefficient (Wildman–Crippen LogP) is 9.38. The van der Waals surface area contributed by atoms with Gasteiger partial charge in [0.2, 0.25) is 0 Å². The second kappa shape index (κ2) is 32.3. The van der Waals surface area contributed by atoms with Crippen molar-refractivity contribution in [2.75, 3.05) is 87.7 Å². The molecule has 0 fully saturated rings. The SMILES string of the molecule is C.CC(=Nc1c(N)nc(C)nc1Cl)N(C)C.Cc1nc(Cl)c(N=CN(C)C)c(Cl)n1.Cc1nc(Cl)c(N=CN(C)C)c(Cl)n1.Cc1nc(N)c(N=CN(C)C)c(Cl)n1.Cc1nc(N)c(N=CN(C)C)c(Cl)n1. The highest BCUT2D eigenvalue weighted by atomic mass is 35.5. The van der Waals surface area contributed by atoms with Crippen LogP contribution in [-0.2, 0) is 0 Å². The van der Waals surface area contributed by atoms with Crippen molar-refractivity contribution >= 4 is 158 Å². The summed E-state index contributed by atoms with van der Waals surface area (Å²) >= 11 is 41.0. The van der Waals surface area contributed by atoms with Gasteiger partial charge in [0.05, 0.1) is 25.4 Å². The van der Waals surface area contributed by atoms with Crippen molar-refractivity contribution in [3.63, 3.8) is 0 Å². The zero-order chi connectivity index (χ0) is 54.4. The molecule has 5 aromatic heterocycles. The summed E-state index contributed by atoms with van der Waals surface area (Å²) in [4.78, 5) is 69.1. The number of nitrogens with two attached hydrogens (primary N) is 3. The minimum atomic E-state index is 0. The molecule has 5 rings (SSSR count). The fourth-order valence-corrected chi connectivity index (χ4v) is 6.11. The number of nitrogens with zero attached hydrogens (tertiary/aromatic N) is 20. The molecule has 0 spiro atoms. The van der Waals surface area contributed by atoms with E-state index < -0.39 is 0 Å². The Bertz CT molecular complexity index is 2290. The van der Waals surface area contributed by atoms with Crippen LogP contribution in [0.3, 0.4) is 0 Å². The van der Waals surface area contributed by atoms with Crippen LogP contribution in [0.15, 0.2) is 25.0 Å². The number of hydrogen-bond acceptors (Lipinski definition) is 18. The fraction of sp³-hybridized carbons (Fsp3) is 0.405. The molecule has 0 bridgehead atoms. The quantitative estimate of drug-likeness (QED) is 0.0703. The van der Waals surface area contributed by atoms with Crippen LogP contribution < -0.4 is 17.2 Å². The molecule has 0 saturated heterocycles. The third kappa shape index (κ3) is 24.5. The smallest absolute Gasteiger partial charge is 0.160 e. The average Bonchev–Trinajstić information content (AvgIpc) is 3.21.